The summed E-state index contributed by atoms with van der Waals surface area (Å²) in [6.45, 7) is 0. The molecule has 0 fully saturated rings. The molecule has 5 heteroatoms. The molecule has 0 amide bonds. The zero-order valence-corrected chi connectivity index (χ0v) is 13.5. The number of halogens is 2. The molecule has 0 radical (unpaired) electrons. The monoisotopic (exact) mass is 354 g/mol. The fourth-order valence-corrected chi connectivity index (χ4v) is 3.06. The molecule has 1 N–H and O–H groups in total. The smallest absolute Gasteiger partial charge is 0.124 e. The summed E-state index contributed by atoms with van der Waals surface area (Å²) in [6, 6.07) is 11.0. The third-order valence-corrected chi connectivity index (χ3v) is 4.53. The van der Waals surface area contributed by atoms with Crippen LogP contribution in [0.3, 0.4) is 0 Å². The number of thioether (sulfide) groups is 1. The van der Waals surface area contributed by atoms with Crippen molar-refractivity contribution in [3.8, 4) is 0 Å². The zero-order chi connectivity index (χ0) is 14.4. The first-order chi connectivity index (χ1) is 9.67. The molecule has 0 spiro atoms. The number of nitrogens with zero attached hydrogens (tertiary/aromatic N) is 1. The molecule has 1 aromatic carbocycles. The molecule has 1 unspecified atom stereocenters. The predicted octanol–water partition coefficient (Wildman–Crippen LogP) is 3.91. The average molecular weight is 355 g/mol. The van der Waals surface area contributed by atoms with E-state index in [-0.39, 0.29) is 5.82 Å². The second-order valence-electron chi connectivity index (χ2n) is 4.43. The van der Waals surface area contributed by atoms with E-state index in [1.165, 1.54) is 6.07 Å². The first-order valence-corrected chi connectivity index (χ1v) is 8.11. The van der Waals surface area contributed by atoms with E-state index in [1.807, 2.05) is 31.4 Å². The van der Waals surface area contributed by atoms with E-state index >= 15 is 0 Å². The molecular formula is C15H16BrFN2S. The lowest BCUT2D eigenvalue weighted by molar-refractivity contribution is 0.608. The van der Waals surface area contributed by atoms with Crippen molar-refractivity contribution in [1.29, 1.82) is 0 Å². The number of likely N-dealkylation sites (N-methyl/N-ethyl adjacent to an activating group) is 1. The van der Waals surface area contributed by atoms with E-state index in [4.69, 9.17) is 0 Å². The van der Waals surface area contributed by atoms with Gasteiger partial charge in [-0.25, -0.2) is 4.39 Å². The molecule has 0 aliphatic heterocycles. The third-order valence-electron chi connectivity index (χ3n) is 2.90. The number of rotatable bonds is 6. The first-order valence-electron chi connectivity index (χ1n) is 6.33. The molecule has 1 heterocycles. The number of aromatic nitrogens is 1. The van der Waals surface area contributed by atoms with E-state index in [9.17, 15) is 4.39 Å². The number of pyridine rings is 1. The van der Waals surface area contributed by atoms with Crippen molar-refractivity contribution >= 4 is 27.7 Å². The second-order valence-corrected chi connectivity index (χ2v) is 6.43. The third kappa shape index (κ3) is 4.89. The van der Waals surface area contributed by atoms with Crippen LogP contribution >= 0.6 is 27.7 Å². The Balaban J connectivity index is 1.90. The number of benzene rings is 1. The fourth-order valence-electron chi connectivity index (χ4n) is 1.78. The Morgan fingerprint density at radius 3 is 2.85 bits per heavy atom. The molecule has 0 bridgehead atoms. The number of hydrogen-bond acceptors (Lipinski definition) is 3. The summed E-state index contributed by atoms with van der Waals surface area (Å²) in [5.74, 6) is 0.683. The minimum absolute atomic E-state index is 0.189. The Labute approximate surface area is 131 Å². The van der Waals surface area contributed by atoms with Crippen LogP contribution in [0.15, 0.2) is 52.0 Å². The van der Waals surface area contributed by atoms with E-state index in [1.54, 1.807) is 23.9 Å². The Morgan fingerprint density at radius 2 is 2.20 bits per heavy atom. The SMILES string of the molecule is CNC(CSc1cccc(F)c1)Cc1ccc(Br)cn1. The second kappa shape index (κ2) is 7.76. The van der Waals surface area contributed by atoms with Crippen molar-refractivity contribution in [2.75, 3.05) is 12.8 Å². The number of nitrogens with one attached hydrogen (secondary N) is 1. The molecule has 2 aromatic rings. The van der Waals surface area contributed by atoms with Crippen molar-refractivity contribution in [3.63, 3.8) is 0 Å². The molecular weight excluding hydrogens is 339 g/mol. The molecule has 0 saturated carbocycles. The normalized spacial score (nSPS) is 12.3. The minimum atomic E-state index is -0.189. The van der Waals surface area contributed by atoms with Gasteiger partial charge in [-0.05, 0) is 53.3 Å². The summed E-state index contributed by atoms with van der Waals surface area (Å²) in [5, 5.41) is 3.28. The average Bonchev–Trinajstić information content (AvgIpc) is 2.45. The largest absolute Gasteiger partial charge is 0.316 e. The minimum Gasteiger partial charge on any atom is -0.316 e. The van der Waals surface area contributed by atoms with Gasteiger partial charge in [0.1, 0.15) is 5.82 Å². The van der Waals surface area contributed by atoms with Crippen LogP contribution in [0.4, 0.5) is 4.39 Å². The van der Waals surface area contributed by atoms with Gasteiger partial charge in [0.05, 0.1) is 0 Å². The van der Waals surface area contributed by atoms with Gasteiger partial charge in [-0.3, -0.25) is 4.98 Å². The van der Waals surface area contributed by atoms with E-state index < -0.39 is 0 Å². The molecule has 2 nitrogen and oxygen atoms in total. The summed E-state index contributed by atoms with van der Waals surface area (Å²) in [4.78, 5) is 5.33. The van der Waals surface area contributed by atoms with E-state index in [2.05, 4.69) is 26.2 Å². The van der Waals surface area contributed by atoms with Gasteiger partial charge in [0.25, 0.3) is 0 Å². The topological polar surface area (TPSA) is 24.9 Å². The van der Waals surface area contributed by atoms with E-state index in [0.717, 1.165) is 27.2 Å². The van der Waals surface area contributed by atoms with E-state index in [0.29, 0.717) is 6.04 Å². The van der Waals surface area contributed by atoms with Gasteiger partial charge in [0, 0.05) is 39.5 Å². The highest BCUT2D eigenvalue weighted by Gasteiger charge is 2.09. The Kier molecular flexibility index (Phi) is 6.01. The maximum atomic E-state index is 13.1. The Hall–Kier alpha value is -0.910. The fraction of sp³-hybridized carbons (Fsp3) is 0.267. The van der Waals surface area contributed by atoms with Crippen molar-refractivity contribution in [2.24, 2.45) is 0 Å². The molecule has 1 atom stereocenters. The lowest BCUT2D eigenvalue weighted by Crippen LogP contribution is -2.30. The Morgan fingerprint density at radius 1 is 1.35 bits per heavy atom. The van der Waals surface area contributed by atoms with Gasteiger partial charge < -0.3 is 5.32 Å². The van der Waals surface area contributed by atoms with Crippen molar-refractivity contribution in [2.45, 2.75) is 17.4 Å². The summed E-state index contributed by atoms with van der Waals surface area (Å²) in [7, 11) is 1.94. The van der Waals surface area contributed by atoms with Crippen molar-refractivity contribution in [3.05, 3.63) is 58.6 Å². The van der Waals surface area contributed by atoms with Gasteiger partial charge in [0.2, 0.25) is 0 Å². The zero-order valence-electron chi connectivity index (χ0n) is 11.1. The Bertz CT molecular complexity index is 548. The highest BCUT2D eigenvalue weighted by Crippen LogP contribution is 2.20. The molecule has 2 rings (SSSR count). The van der Waals surface area contributed by atoms with Gasteiger partial charge in [-0.15, -0.1) is 11.8 Å². The summed E-state index contributed by atoms with van der Waals surface area (Å²) in [5.41, 5.74) is 1.05. The quantitative estimate of drug-likeness (QED) is 0.796. The maximum absolute atomic E-state index is 13.1. The predicted molar refractivity (Wildman–Crippen MR) is 85.6 cm³/mol. The van der Waals surface area contributed by atoms with Crippen molar-refractivity contribution in [1.82, 2.24) is 10.3 Å². The highest BCUT2D eigenvalue weighted by atomic mass is 79.9. The standard InChI is InChI=1S/C15H16BrFN2S/c1-18-14(8-13-6-5-11(16)9-19-13)10-20-15-4-2-3-12(17)7-15/h2-7,9,14,18H,8,10H2,1H3. The van der Waals surface area contributed by atoms with Crippen LogP contribution in [0.1, 0.15) is 5.69 Å². The van der Waals surface area contributed by atoms with Crippen LogP contribution in [0.2, 0.25) is 0 Å². The molecule has 0 aliphatic rings. The highest BCUT2D eigenvalue weighted by molar-refractivity contribution is 9.10. The van der Waals surface area contributed by atoms with Gasteiger partial charge in [-0.1, -0.05) is 6.07 Å². The van der Waals surface area contributed by atoms with Crippen LogP contribution in [-0.4, -0.2) is 23.8 Å². The van der Waals surface area contributed by atoms with Gasteiger partial charge in [0.15, 0.2) is 0 Å². The molecule has 106 valence electrons. The lowest BCUT2D eigenvalue weighted by atomic mass is 10.2. The van der Waals surface area contributed by atoms with Gasteiger partial charge >= 0.3 is 0 Å². The van der Waals surface area contributed by atoms with Crippen LogP contribution < -0.4 is 5.32 Å². The molecule has 1 aromatic heterocycles. The summed E-state index contributed by atoms with van der Waals surface area (Å²) in [6.07, 6.45) is 2.66. The first kappa shape index (κ1) is 15.5. The number of hydrogen-bond donors (Lipinski definition) is 1. The van der Waals surface area contributed by atoms with Crippen LogP contribution in [0.25, 0.3) is 0 Å². The van der Waals surface area contributed by atoms with Crippen LogP contribution in [0.5, 0.6) is 0 Å². The molecule has 0 saturated heterocycles. The summed E-state index contributed by atoms with van der Waals surface area (Å²) >= 11 is 5.03. The van der Waals surface area contributed by atoms with Gasteiger partial charge in [-0.2, -0.15) is 0 Å². The molecule has 20 heavy (non-hydrogen) atoms. The molecule has 0 aliphatic carbocycles. The van der Waals surface area contributed by atoms with Crippen LogP contribution in [0, 0.1) is 5.82 Å². The summed E-state index contributed by atoms with van der Waals surface area (Å²) < 4.78 is 14.1. The maximum Gasteiger partial charge on any atom is 0.124 e. The lowest BCUT2D eigenvalue weighted by Gasteiger charge is -2.15. The van der Waals surface area contributed by atoms with Crippen LogP contribution in [-0.2, 0) is 6.42 Å². The van der Waals surface area contributed by atoms with Crippen molar-refractivity contribution < 1.29 is 4.39 Å².